The van der Waals surface area contributed by atoms with E-state index in [1.54, 1.807) is 18.2 Å². The molecule has 0 radical (unpaired) electrons. The average molecular weight is 307 g/mol. The normalized spacial score (nSPS) is 15.5. The van der Waals surface area contributed by atoms with Crippen molar-refractivity contribution in [3.63, 3.8) is 0 Å². The number of thioether (sulfide) groups is 1. The van der Waals surface area contributed by atoms with Gasteiger partial charge in [-0.25, -0.2) is 0 Å². The lowest BCUT2D eigenvalue weighted by Crippen LogP contribution is -2.38. The van der Waals surface area contributed by atoms with E-state index in [0.717, 1.165) is 5.75 Å². The second kappa shape index (κ2) is 6.04. The van der Waals surface area contributed by atoms with Crippen LogP contribution in [0.15, 0.2) is 23.2 Å². The maximum Gasteiger partial charge on any atom is 0.251 e. The summed E-state index contributed by atoms with van der Waals surface area (Å²) in [7, 11) is 0. The fourth-order valence-corrected chi connectivity index (χ4v) is 2.62. The molecule has 2 amide bonds. The molecule has 1 aromatic carbocycles. The second-order valence-corrected chi connectivity index (χ2v) is 5.42. The van der Waals surface area contributed by atoms with Crippen LogP contribution in [-0.4, -0.2) is 42.6 Å². The zero-order valence-electron chi connectivity index (χ0n) is 11.0. The first-order valence-electron chi connectivity index (χ1n) is 6.37. The first kappa shape index (κ1) is 13.7. The molecule has 0 fully saturated rings. The Balaban J connectivity index is 1.53. The lowest BCUT2D eigenvalue weighted by atomic mass is 10.2. The molecule has 0 aliphatic carbocycles. The van der Waals surface area contributed by atoms with Crippen LogP contribution in [-0.2, 0) is 4.79 Å². The predicted molar refractivity (Wildman–Crippen MR) is 77.8 cm³/mol. The average Bonchev–Trinajstić information content (AvgIpc) is 3.14. The molecule has 8 heteroatoms. The fraction of sp³-hybridized carbons (Fsp3) is 0.308. The molecule has 21 heavy (non-hydrogen) atoms. The van der Waals surface area contributed by atoms with Gasteiger partial charge in [-0.15, -0.1) is 0 Å². The SMILES string of the molecule is O=C(CNC(=O)c1ccc2c(c1)OCO2)NC1=NCCS1. The molecule has 7 nitrogen and oxygen atoms in total. The largest absolute Gasteiger partial charge is 0.454 e. The van der Waals surface area contributed by atoms with E-state index < -0.39 is 0 Å². The highest BCUT2D eigenvalue weighted by Gasteiger charge is 2.17. The van der Waals surface area contributed by atoms with Crippen molar-refractivity contribution in [1.82, 2.24) is 10.6 Å². The Kier molecular flexibility index (Phi) is 3.96. The smallest absolute Gasteiger partial charge is 0.251 e. The van der Waals surface area contributed by atoms with Gasteiger partial charge < -0.3 is 20.1 Å². The number of hydrogen-bond acceptors (Lipinski definition) is 6. The standard InChI is InChI=1S/C13H13N3O4S/c17-11(16-13-14-3-4-21-13)6-15-12(18)8-1-2-9-10(5-8)20-7-19-9/h1-2,5H,3-4,6-7H2,(H,15,18)(H,14,16,17). The summed E-state index contributed by atoms with van der Waals surface area (Å²) in [4.78, 5) is 27.7. The highest BCUT2D eigenvalue weighted by atomic mass is 32.2. The number of nitrogens with zero attached hydrogens (tertiary/aromatic N) is 1. The van der Waals surface area contributed by atoms with E-state index in [-0.39, 0.29) is 25.2 Å². The molecular weight excluding hydrogens is 294 g/mol. The number of amidine groups is 1. The molecule has 0 spiro atoms. The van der Waals surface area contributed by atoms with Crippen LogP contribution in [0, 0.1) is 0 Å². The van der Waals surface area contributed by atoms with Crippen molar-refractivity contribution in [1.29, 1.82) is 0 Å². The minimum Gasteiger partial charge on any atom is -0.454 e. The third kappa shape index (κ3) is 3.27. The lowest BCUT2D eigenvalue weighted by Gasteiger charge is -2.06. The molecule has 0 unspecified atom stereocenters. The predicted octanol–water partition coefficient (Wildman–Crippen LogP) is 0.364. The number of carbonyl (C=O) groups excluding carboxylic acids is 2. The summed E-state index contributed by atoms with van der Waals surface area (Å²) in [6, 6.07) is 4.88. The quantitative estimate of drug-likeness (QED) is 0.842. The number of rotatable bonds is 3. The maximum absolute atomic E-state index is 12.0. The molecule has 0 atom stereocenters. The summed E-state index contributed by atoms with van der Waals surface area (Å²) in [6.45, 7) is 0.763. The molecule has 0 saturated carbocycles. The van der Waals surface area contributed by atoms with E-state index in [1.807, 2.05) is 0 Å². The van der Waals surface area contributed by atoms with Crippen LogP contribution < -0.4 is 20.1 Å². The summed E-state index contributed by atoms with van der Waals surface area (Å²) in [5, 5.41) is 5.80. The van der Waals surface area contributed by atoms with Gasteiger partial charge in [-0.05, 0) is 18.2 Å². The van der Waals surface area contributed by atoms with Crippen molar-refractivity contribution in [2.24, 2.45) is 4.99 Å². The zero-order chi connectivity index (χ0) is 14.7. The van der Waals surface area contributed by atoms with Gasteiger partial charge in [0.05, 0.1) is 13.1 Å². The molecule has 110 valence electrons. The topological polar surface area (TPSA) is 89.0 Å². The Morgan fingerprint density at radius 1 is 1.29 bits per heavy atom. The molecule has 2 aliphatic heterocycles. The van der Waals surface area contributed by atoms with Gasteiger partial charge in [0.25, 0.3) is 5.91 Å². The number of amides is 2. The van der Waals surface area contributed by atoms with Gasteiger partial charge in [-0.2, -0.15) is 0 Å². The lowest BCUT2D eigenvalue weighted by molar-refractivity contribution is -0.118. The monoisotopic (exact) mass is 307 g/mol. The highest BCUT2D eigenvalue weighted by Crippen LogP contribution is 2.32. The molecule has 0 bridgehead atoms. The molecule has 2 N–H and O–H groups in total. The number of ether oxygens (including phenoxy) is 2. The number of benzene rings is 1. The molecule has 1 aromatic rings. The van der Waals surface area contributed by atoms with Crippen LogP contribution in [0.3, 0.4) is 0 Å². The Morgan fingerprint density at radius 2 is 2.14 bits per heavy atom. The first-order chi connectivity index (χ1) is 10.2. The van der Waals surface area contributed by atoms with E-state index in [4.69, 9.17) is 9.47 Å². The van der Waals surface area contributed by atoms with Gasteiger partial charge in [0.1, 0.15) is 0 Å². The summed E-state index contributed by atoms with van der Waals surface area (Å²) in [5.41, 5.74) is 0.416. The third-order valence-electron chi connectivity index (χ3n) is 2.88. The van der Waals surface area contributed by atoms with Crippen molar-refractivity contribution in [3.8, 4) is 11.5 Å². The fourth-order valence-electron chi connectivity index (χ4n) is 1.87. The van der Waals surface area contributed by atoms with Crippen molar-refractivity contribution in [3.05, 3.63) is 23.8 Å². The second-order valence-electron chi connectivity index (χ2n) is 4.33. The van der Waals surface area contributed by atoms with Crippen LogP contribution in [0.5, 0.6) is 11.5 Å². The molecule has 2 aliphatic rings. The Bertz CT molecular complexity index is 617. The van der Waals surface area contributed by atoms with E-state index in [9.17, 15) is 9.59 Å². The number of nitrogens with one attached hydrogen (secondary N) is 2. The molecular formula is C13H13N3O4S. The highest BCUT2D eigenvalue weighted by molar-refractivity contribution is 8.14. The van der Waals surface area contributed by atoms with Gasteiger partial charge in [0, 0.05) is 11.3 Å². The van der Waals surface area contributed by atoms with Gasteiger partial charge >= 0.3 is 0 Å². The third-order valence-corrected chi connectivity index (χ3v) is 3.77. The Hall–Kier alpha value is -2.22. The molecule has 0 saturated heterocycles. The number of aliphatic imine (C=N–C) groups is 1. The van der Waals surface area contributed by atoms with Crippen LogP contribution in [0.4, 0.5) is 0 Å². The first-order valence-corrected chi connectivity index (χ1v) is 7.36. The van der Waals surface area contributed by atoms with E-state index in [1.165, 1.54) is 11.8 Å². The Morgan fingerprint density at radius 3 is 2.95 bits per heavy atom. The number of fused-ring (bicyclic) bond motifs is 1. The molecule has 2 heterocycles. The minimum absolute atomic E-state index is 0.104. The van der Waals surface area contributed by atoms with Crippen molar-refractivity contribution in [2.45, 2.75) is 0 Å². The van der Waals surface area contributed by atoms with Crippen LogP contribution in [0.1, 0.15) is 10.4 Å². The summed E-state index contributed by atoms with van der Waals surface area (Å²) in [6.07, 6.45) is 0. The van der Waals surface area contributed by atoms with Gasteiger partial charge in [0.15, 0.2) is 16.7 Å². The summed E-state index contributed by atoms with van der Waals surface area (Å²) >= 11 is 1.49. The van der Waals surface area contributed by atoms with Crippen molar-refractivity contribution < 1.29 is 19.1 Å². The van der Waals surface area contributed by atoms with Gasteiger partial charge in [-0.3, -0.25) is 14.6 Å². The summed E-state index contributed by atoms with van der Waals surface area (Å²) < 4.78 is 10.4. The molecule has 0 aromatic heterocycles. The van der Waals surface area contributed by atoms with Gasteiger partial charge in [-0.1, -0.05) is 11.8 Å². The number of carbonyl (C=O) groups is 2. The Labute approximate surface area is 125 Å². The van der Waals surface area contributed by atoms with Crippen LogP contribution >= 0.6 is 11.8 Å². The van der Waals surface area contributed by atoms with Crippen LogP contribution in [0.25, 0.3) is 0 Å². The van der Waals surface area contributed by atoms with E-state index >= 15 is 0 Å². The minimum atomic E-state index is -0.343. The van der Waals surface area contributed by atoms with Crippen molar-refractivity contribution in [2.75, 3.05) is 25.6 Å². The van der Waals surface area contributed by atoms with Crippen molar-refractivity contribution >= 4 is 28.7 Å². The maximum atomic E-state index is 12.0. The van der Waals surface area contributed by atoms with Crippen LogP contribution in [0.2, 0.25) is 0 Å². The number of hydrogen-bond donors (Lipinski definition) is 2. The molecule has 3 rings (SSSR count). The zero-order valence-corrected chi connectivity index (χ0v) is 11.9. The summed E-state index contributed by atoms with van der Waals surface area (Å²) in [5.74, 6) is 1.38. The van der Waals surface area contributed by atoms with E-state index in [0.29, 0.717) is 28.8 Å². The van der Waals surface area contributed by atoms with Gasteiger partial charge in [0.2, 0.25) is 12.7 Å². The van der Waals surface area contributed by atoms with E-state index in [2.05, 4.69) is 15.6 Å².